The molecule has 0 aliphatic carbocycles. The monoisotopic (exact) mass is 559 g/mol. The number of aliphatic hydroxyl groups is 1. The number of anilines is 1. The molecule has 12 heteroatoms. The lowest BCUT2D eigenvalue weighted by Crippen LogP contribution is -2.35. The third-order valence-electron chi connectivity index (χ3n) is 6.32. The lowest BCUT2D eigenvalue weighted by Gasteiger charge is -2.26. The average Bonchev–Trinajstić information content (AvgIpc) is 3.41. The number of benzene rings is 2. The molecule has 1 aliphatic heterocycles. The molecule has 6 rings (SSSR count). The van der Waals surface area contributed by atoms with Crippen LogP contribution in [0.4, 0.5) is 10.5 Å². The van der Waals surface area contributed by atoms with Gasteiger partial charge in [-0.2, -0.15) is 0 Å². The lowest BCUT2D eigenvalue weighted by atomic mass is 10.1. The zero-order valence-corrected chi connectivity index (χ0v) is 22.7. The van der Waals surface area contributed by atoms with Gasteiger partial charge >= 0.3 is 6.09 Å². The van der Waals surface area contributed by atoms with Gasteiger partial charge in [-0.05, 0) is 55.3 Å². The average molecular weight is 560 g/mol. The summed E-state index contributed by atoms with van der Waals surface area (Å²) in [6.07, 6.45) is 1.97. The van der Waals surface area contributed by atoms with E-state index in [1.165, 1.54) is 17.5 Å². The molecule has 0 saturated carbocycles. The van der Waals surface area contributed by atoms with Gasteiger partial charge in [0, 0.05) is 17.4 Å². The molecule has 4 heterocycles. The van der Waals surface area contributed by atoms with Crippen molar-refractivity contribution in [1.29, 1.82) is 0 Å². The Morgan fingerprint density at radius 3 is 2.88 bits per heavy atom. The number of ether oxygens (including phenoxy) is 4. The van der Waals surface area contributed by atoms with E-state index >= 15 is 0 Å². The molecule has 0 saturated heterocycles. The molecule has 11 nitrogen and oxygen atoms in total. The van der Waals surface area contributed by atoms with Crippen LogP contribution in [-0.4, -0.2) is 57.6 Å². The number of carbonyl (C=O) groups is 1. The maximum atomic E-state index is 12.3. The van der Waals surface area contributed by atoms with Gasteiger partial charge in [0.2, 0.25) is 5.88 Å². The van der Waals surface area contributed by atoms with E-state index in [0.29, 0.717) is 28.8 Å². The molecule has 1 atom stereocenters. The van der Waals surface area contributed by atoms with Gasteiger partial charge < -0.3 is 24.1 Å². The number of rotatable bonds is 6. The van der Waals surface area contributed by atoms with Gasteiger partial charge in [0.1, 0.15) is 22.9 Å². The lowest BCUT2D eigenvalue weighted by molar-refractivity contribution is 0.0383. The van der Waals surface area contributed by atoms with Crippen molar-refractivity contribution in [1.82, 2.24) is 19.9 Å². The summed E-state index contributed by atoms with van der Waals surface area (Å²) in [7, 11) is 1.57. The van der Waals surface area contributed by atoms with Gasteiger partial charge in [0.25, 0.3) is 0 Å². The van der Waals surface area contributed by atoms with Gasteiger partial charge in [-0.25, -0.2) is 19.7 Å². The molecule has 0 unspecified atom stereocenters. The molecule has 5 aromatic rings. The maximum absolute atomic E-state index is 12.3. The first-order valence-electron chi connectivity index (χ1n) is 12.5. The van der Waals surface area contributed by atoms with Gasteiger partial charge in [-0.15, -0.1) is 11.3 Å². The second-order valence-corrected chi connectivity index (χ2v) is 10.3. The molecule has 0 bridgehead atoms. The van der Waals surface area contributed by atoms with Gasteiger partial charge in [-0.3, -0.25) is 10.3 Å². The fourth-order valence-corrected chi connectivity index (χ4v) is 5.62. The third kappa shape index (κ3) is 4.94. The van der Waals surface area contributed by atoms with E-state index in [9.17, 15) is 9.90 Å². The minimum absolute atomic E-state index is 0.00828. The van der Waals surface area contributed by atoms with Crippen molar-refractivity contribution in [3.05, 3.63) is 59.5 Å². The first-order chi connectivity index (χ1) is 19.4. The van der Waals surface area contributed by atoms with Gasteiger partial charge in [0.05, 0.1) is 42.2 Å². The molecule has 40 heavy (non-hydrogen) atoms. The molecular formula is C28H25N5O6S. The number of carbonyl (C=O) groups excluding carboxylic acids is 1. The van der Waals surface area contributed by atoms with Crippen LogP contribution in [-0.2, 0) is 11.3 Å². The molecule has 1 amide bonds. The number of aromatic nitrogens is 4. The molecule has 204 valence electrons. The quantitative estimate of drug-likeness (QED) is 0.298. The summed E-state index contributed by atoms with van der Waals surface area (Å²) in [5, 5.41) is 12.6. The molecule has 0 fully saturated rings. The summed E-state index contributed by atoms with van der Waals surface area (Å²) in [4.78, 5) is 30.3. The van der Waals surface area contributed by atoms with E-state index in [2.05, 4.69) is 26.3 Å². The highest BCUT2D eigenvalue weighted by Gasteiger charge is 2.27. The van der Waals surface area contributed by atoms with Crippen LogP contribution in [0.25, 0.3) is 31.8 Å². The molecule has 3 aromatic heterocycles. The number of amides is 1. The van der Waals surface area contributed by atoms with Gasteiger partial charge in [0.15, 0.2) is 17.6 Å². The Kier molecular flexibility index (Phi) is 6.78. The van der Waals surface area contributed by atoms with Crippen LogP contribution in [0.2, 0.25) is 0 Å². The number of methoxy groups -OCH3 is 1. The Morgan fingerprint density at radius 1 is 1.18 bits per heavy atom. The number of nitrogens with one attached hydrogen (secondary N) is 1. The van der Waals surface area contributed by atoms with Crippen molar-refractivity contribution in [3.8, 4) is 28.0 Å². The summed E-state index contributed by atoms with van der Waals surface area (Å²) in [6.45, 7) is 3.95. The van der Waals surface area contributed by atoms with E-state index in [1.54, 1.807) is 25.4 Å². The van der Waals surface area contributed by atoms with Crippen molar-refractivity contribution in [3.63, 3.8) is 0 Å². The van der Waals surface area contributed by atoms with E-state index in [0.717, 1.165) is 42.9 Å². The summed E-state index contributed by atoms with van der Waals surface area (Å²) in [5.41, 5.74) is 6.06. The summed E-state index contributed by atoms with van der Waals surface area (Å²) in [5.74, 6) is 1.64. The van der Waals surface area contributed by atoms with E-state index in [1.807, 2.05) is 26.0 Å². The Labute approximate surface area is 232 Å². The standard InChI is InChI=1S/C28H25N5O6S/c1-14-6-19(24-20(7-14)32-22(36-3)10-30-24)27-33-23-15(2)8-21-25(26(23)40-27)37-12-18(39-21)13-38-28(35)31-16-4-5-29-17(9-16)11-34/h4-10,18,34H,11-13H2,1-3H3,(H,29,31,35)/t18-/m1/s1. The van der Waals surface area contributed by atoms with Crippen LogP contribution in [0.3, 0.4) is 0 Å². The van der Waals surface area contributed by atoms with Crippen LogP contribution in [0.1, 0.15) is 16.8 Å². The van der Waals surface area contributed by atoms with Crippen LogP contribution in [0.15, 0.2) is 42.7 Å². The van der Waals surface area contributed by atoms with E-state index in [4.69, 9.17) is 23.9 Å². The Balaban J connectivity index is 1.22. The number of hydrogen-bond acceptors (Lipinski definition) is 11. The second kappa shape index (κ2) is 10.5. The predicted molar refractivity (Wildman–Crippen MR) is 149 cm³/mol. The van der Waals surface area contributed by atoms with Crippen LogP contribution < -0.4 is 19.5 Å². The topological polar surface area (TPSA) is 138 Å². The number of thiazole rings is 1. The summed E-state index contributed by atoms with van der Waals surface area (Å²) >= 11 is 1.50. The fourth-order valence-electron chi connectivity index (χ4n) is 4.47. The van der Waals surface area contributed by atoms with Crippen molar-refractivity contribution in [2.75, 3.05) is 25.6 Å². The third-order valence-corrected chi connectivity index (χ3v) is 7.41. The van der Waals surface area contributed by atoms with Crippen LogP contribution in [0.5, 0.6) is 17.4 Å². The summed E-state index contributed by atoms with van der Waals surface area (Å²) in [6, 6.07) is 9.09. The van der Waals surface area contributed by atoms with Crippen LogP contribution >= 0.6 is 11.3 Å². The molecule has 2 N–H and O–H groups in total. The number of nitrogens with zero attached hydrogens (tertiary/aromatic N) is 4. The number of aryl methyl sites for hydroxylation is 2. The van der Waals surface area contributed by atoms with Crippen molar-refractivity contribution < 1.29 is 28.8 Å². The highest BCUT2D eigenvalue weighted by atomic mass is 32.1. The fraction of sp³-hybridized carbons (Fsp3) is 0.250. The molecule has 1 aliphatic rings. The minimum Gasteiger partial charge on any atom is -0.484 e. The predicted octanol–water partition coefficient (Wildman–Crippen LogP) is 4.81. The highest BCUT2D eigenvalue weighted by molar-refractivity contribution is 7.22. The smallest absolute Gasteiger partial charge is 0.411 e. The van der Waals surface area contributed by atoms with Crippen LogP contribution in [0, 0.1) is 13.8 Å². The molecular weight excluding hydrogens is 534 g/mol. The first-order valence-corrected chi connectivity index (χ1v) is 13.3. The molecule has 0 spiro atoms. The SMILES string of the molecule is COc1cnc2c(-c3nc4c(C)cc5c(c4s3)OC[C@H](COC(=O)Nc3ccnc(CO)c3)O5)cc(C)cc2n1. The number of pyridine rings is 1. The Bertz CT molecular complexity index is 1760. The maximum Gasteiger partial charge on any atom is 0.411 e. The van der Waals surface area contributed by atoms with E-state index in [-0.39, 0.29) is 19.8 Å². The number of aliphatic hydroxyl groups excluding tert-OH is 1. The second-order valence-electron chi connectivity index (χ2n) is 9.28. The molecule has 2 aromatic carbocycles. The Hall–Kier alpha value is -4.55. The highest BCUT2D eigenvalue weighted by Crippen LogP contribution is 2.46. The number of hydrogen-bond donors (Lipinski definition) is 2. The first kappa shape index (κ1) is 25.7. The largest absolute Gasteiger partial charge is 0.484 e. The molecule has 0 radical (unpaired) electrons. The van der Waals surface area contributed by atoms with Crippen molar-refractivity contribution >= 4 is 44.4 Å². The van der Waals surface area contributed by atoms with Crippen molar-refractivity contribution in [2.45, 2.75) is 26.6 Å². The minimum atomic E-state index is -0.644. The Morgan fingerprint density at radius 2 is 2.05 bits per heavy atom. The normalized spacial score (nSPS) is 14.3. The summed E-state index contributed by atoms with van der Waals surface area (Å²) < 4.78 is 23.8. The number of fused-ring (bicyclic) bond motifs is 4. The van der Waals surface area contributed by atoms with E-state index < -0.39 is 12.2 Å². The zero-order valence-electron chi connectivity index (χ0n) is 21.9. The van der Waals surface area contributed by atoms with Crippen molar-refractivity contribution in [2.24, 2.45) is 0 Å². The van der Waals surface area contributed by atoms with Gasteiger partial charge in [-0.1, -0.05) is 0 Å². The zero-order chi connectivity index (χ0) is 27.8.